The predicted octanol–water partition coefficient (Wildman–Crippen LogP) is 13.1. The molecule has 3 heterocycles. The molecule has 0 aromatic heterocycles. The number of carbonyl (C=O) groups is 1. The van der Waals surface area contributed by atoms with Gasteiger partial charge in [0.15, 0.2) is 0 Å². The first kappa shape index (κ1) is 30.3. The number of rotatable bonds is 2. The van der Waals surface area contributed by atoms with E-state index < -0.39 is 11.7 Å². The van der Waals surface area contributed by atoms with Crippen LogP contribution in [-0.4, -0.2) is 11.7 Å². The average Bonchev–Trinajstić information content (AvgIpc) is 3.10. The first-order chi connectivity index (χ1) is 23.8. The molecule has 0 aliphatic carbocycles. The Kier molecular flexibility index (Phi) is 7.23. The highest BCUT2D eigenvalue weighted by Gasteiger charge is 2.34. The Bertz CT molecular complexity index is 2060. The normalized spacial score (nSPS) is 14.1. The van der Waals surface area contributed by atoms with Gasteiger partial charge in [-0.1, -0.05) is 83.8 Å². The van der Waals surface area contributed by atoms with Gasteiger partial charge in [0.2, 0.25) is 0 Å². The summed E-state index contributed by atoms with van der Waals surface area (Å²) in [5.41, 5.74) is 7.58. The SMILES string of the molecule is CC(C)(C)OC(=O)N1c2ccc(N3c4ccccc4Sc4ccccc43)cc2Sc2cc(N3c4ccccc4Sc4ccccc43)ccc21. The lowest BCUT2D eigenvalue weighted by atomic mass is 10.1. The van der Waals surface area contributed by atoms with Crippen LogP contribution in [0, 0.1) is 0 Å². The number of carbonyl (C=O) groups excluding carboxylic acids is 1. The number of fused-ring (bicyclic) bond motifs is 6. The lowest BCUT2D eigenvalue weighted by molar-refractivity contribution is 0.0597. The summed E-state index contributed by atoms with van der Waals surface area (Å²) in [6.45, 7) is 5.72. The second-order valence-corrected chi connectivity index (χ2v) is 16.2. The molecule has 3 aliphatic rings. The van der Waals surface area contributed by atoms with E-state index in [1.54, 1.807) is 40.2 Å². The highest BCUT2D eigenvalue weighted by atomic mass is 32.2. The van der Waals surface area contributed by atoms with E-state index in [4.69, 9.17) is 4.74 Å². The second kappa shape index (κ2) is 11.7. The summed E-state index contributed by atoms with van der Waals surface area (Å²) in [6.07, 6.45) is -0.397. The van der Waals surface area contributed by atoms with E-state index in [9.17, 15) is 4.79 Å². The van der Waals surface area contributed by atoms with Crippen molar-refractivity contribution in [2.45, 2.75) is 55.7 Å². The van der Waals surface area contributed by atoms with Gasteiger partial charge in [0.1, 0.15) is 5.60 Å². The van der Waals surface area contributed by atoms with Crippen molar-refractivity contribution in [2.75, 3.05) is 14.7 Å². The Morgan fingerprint density at radius 3 is 1.18 bits per heavy atom. The van der Waals surface area contributed by atoms with Gasteiger partial charge in [0.05, 0.1) is 34.1 Å². The zero-order valence-corrected chi connectivity index (χ0v) is 29.5. The van der Waals surface area contributed by atoms with Crippen LogP contribution in [0.2, 0.25) is 0 Å². The number of nitrogens with zero attached hydrogens (tertiary/aromatic N) is 3. The third-order valence-electron chi connectivity index (χ3n) is 8.55. The van der Waals surface area contributed by atoms with Gasteiger partial charge in [0, 0.05) is 40.7 Å². The largest absolute Gasteiger partial charge is 0.443 e. The molecule has 49 heavy (non-hydrogen) atoms. The molecule has 0 unspecified atom stereocenters. The number of hydrogen-bond donors (Lipinski definition) is 0. The molecule has 9 rings (SSSR count). The topological polar surface area (TPSA) is 36.0 Å². The van der Waals surface area contributed by atoms with Gasteiger partial charge in [-0.05, 0) is 106 Å². The van der Waals surface area contributed by atoms with Crippen molar-refractivity contribution in [3.63, 3.8) is 0 Å². The number of benzene rings is 6. The standard InChI is InChI=1S/C41H31N3O2S3/c1-41(2,3)46-40(45)44-32-22-20-26(42-28-12-4-8-16-34(28)47-35-17-9-5-13-29(35)42)24-38(32)49-39-25-27(21-23-33(39)44)43-30-14-6-10-18-36(30)48-37-19-11-7-15-31(37)43/h4-25H,1-3H3. The maximum atomic E-state index is 14.0. The first-order valence-electron chi connectivity index (χ1n) is 16.1. The van der Waals surface area contributed by atoms with Crippen molar-refractivity contribution in [1.29, 1.82) is 0 Å². The van der Waals surface area contributed by atoms with Crippen LogP contribution in [0.5, 0.6) is 0 Å². The molecule has 0 spiro atoms. The summed E-state index contributed by atoms with van der Waals surface area (Å²) in [5.74, 6) is 0. The second-order valence-electron chi connectivity index (χ2n) is 13.0. The number of anilines is 8. The summed E-state index contributed by atoms with van der Waals surface area (Å²) >= 11 is 5.28. The van der Waals surface area contributed by atoms with Gasteiger partial charge in [-0.15, -0.1) is 0 Å². The Morgan fingerprint density at radius 2 is 0.816 bits per heavy atom. The van der Waals surface area contributed by atoms with Crippen LogP contribution in [0.15, 0.2) is 163 Å². The molecule has 6 aromatic rings. The van der Waals surface area contributed by atoms with Crippen LogP contribution in [-0.2, 0) is 4.74 Å². The highest BCUT2D eigenvalue weighted by Crippen LogP contribution is 2.57. The van der Waals surface area contributed by atoms with Crippen LogP contribution < -0.4 is 14.7 Å². The van der Waals surface area contributed by atoms with Crippen LogP contribution in [0.25, 0.3) is 0 Å². The van der Waals surface area contributed by atoms with E-state index in [0.717, 1.165) is 55.3 Å². The smallest absolute Gasteiger partial charge is 0.419 e. The molecule has 0 fully saturated rings. The van der Waals surface area contributed by atoms with Crippen molar-refractivity contribution in [2.24, 2.45) is 0 Å². The van der Waals surface area contributed by atoms with Crippen molar-refractivity contribution in [1.82, 2.24) is 0 Å². The molecule has 0 atom stereocenters. The molecule has 0 saturated carbocycles. The number of hydrogen-bond acceptors (Lipinski definition) is 7. The van der Waals surface area contributed by atoms with Crippen LogP contribution in [0.3, 0.4) is 0 Å². The Balaban J connectivity index is 1.19. The maximum Gasteiger partial charge on any atom is 0.419 e. The van der Waals surface area contributed by atoms with Gasteiger partial charge in [-0.25, -0.2) is 9.69 Å². The molecule has 0 N–H and O–H groups in total. The van der Waals surface area contributed by atoms with Crippen molar-refractivity contribution in [3.05, 3.63) is 133 Å². The summed E-state index contributed by atoms with van der Waals surface area (Å²) in [6, 6.07) is 46.8. The summed E-state index contributed by atoms with van der Waals surface area (Å²) < 4.78 is 6.02. The van der Waals surface area contributed by atoms with Crippen molar-refractivity contribution < 1.29 is 9.53 Å². The number of amides is 1. The fourth-order valence-corrected chi connectivity index (χ4v) is 9.77. The molecule has 0 radical (unpaired) electrons. The molecule has 3 aliphatic heterocycles. The van der Waals surface area contributed by atoms with E-state index in [1.807, 2.05) is 20.8 Å². The Morgan fingerprint density at radius 1 is 0.469 bits per heavy atom. The van der Waals surface area contributed by atoms with Crippen LogP contribution >= 0.6 is 35.3 Å². The van der Waals surface area contributed by atoms with E-state index in [0.29, 0.717) is 0 Å². The summed E-state index contributed by atoms with van der Waals surface area (Å²) in [4.78, 5) is 27.2. The van der Waals surface area contributed by atoms with E-state index >= 15 is 0 Å². The molecule has 5 nitrogen and oxygen atoms in total. The van der Waals surface area contributed by atoms with Gasteiger partial charge in [-0.3, -0.25) is 0 Å². The van der Waals surface area contributed by atoms with E-state index in [-0.39, 0.29) is 0 Å². The lowest BCUT2D eigenvalue weighted by Crippen LogP contribution is -2.35. The molecule has 240 valence electrons. The first-order valence-corrected chi connectivity index (χ1v) is 18.6. The van der Waals surface area contributed by atoms with Crippen LogP contribution in [0.4, 0.5) is 50.3 Å². The lowest BCUT2D eigenvalue weighted by Gasteiger charge is -2.37. The minimum Gasteiger partial charge on any atom is -0.443 e. The Hall–Kier alpha value is -4.76. The highest BCUT2D eigenvalue weighted by molar-refractivity contribution is 8.00. The monoisotopic (exact) mass is 693 g/mol. The predicted molar refractivity (Wildman–Crippen MR) is 203 cm³/mol. The molecule has 0 saturated heterocycles. The van der Waals surface area contributed by atoms with Gasteiger partial charge in [0.25, 0.3) is 0 Å². The summed E-state index contributed by atoms with van der Waals surface area (Å²) in [5, 5.41) is 0. The molecular weight excluding hydrogens is 663 g/mol. The average molecular weight is 694 g/mol. The molecule has 1 amide bonds. The molecule has 0 bridgehead atoms. The quantitative estimate of drug-likeness (QED) is 0.178. The van der Waals surface area contributed by atoms with Crippen LogP contribution in [0.1, 0.15) is 20.8 Å². The van der Waals surface area contributed by atoms with Crippen molar-refractivity contribution >= 4 is 86.9 Å². The third-order valence-corrected chi connectivity index (χ3v) is 11.9. The fourth-order valence-electron chi connectivity index (χ4n) is 6.53. The van der Waals surface area contributed by atoms with Gasteiger partial charge < -0.3 is 14.5 Å². The number of para-hydroxylation sites is 4. The third kappa shape index (κ3) is 5.26. The summed E-state index contributed by atoms with van der Waals surface area (Å²) in [7, 11) is 0. The number of ether oxygens (including phenoxy) is 1. The molecule has 8 heteroatoms. The zero-order valence-electron chi connectivity index (χ0n) is 27.1. The molecular formula is C41H31N3O2S3. The molecule has 6 aromatic carbocycles. The van der Waals surface area contributed by atoms with Gasteiger partial charge >= 0.3 is 6.09 Å². The maximum absolute atomic E-state index is 14.0. The minimum atomic E-state index is -0.653. The van der Waals surface area contributed by atoms with Crippen molar-refractivity contribution in [3.8, 4) is 0 Å². The Labute approximate surface area is 298 Å². The zero-order chi connectivity index (χ0) is 33.3. The fraction of sp³-hybridized carbons (Fsp3) is 0.0976. The van der Waals surface area contributed by atoms with E-state index in [1.165, 1.54) is 19.6 Å². The minimum absolute atomic E-state index is 0.397. The van der Waals surface area contributed by atoms with E-state index in [2.05, 4.69) is 143 Å². The van der Waals surface area contributed by atoms with Gasteiger partial charge in [-0.2, -0.15) is 0 Å².